The highest BCUT2D eigenvalue weighted by molar-refractivity contribution is 8.00. The Bertz CT molecular complexity index is 2260. The summed E-state index contributed by atoms with van der Waals surface area (Å²) < 4.78 is 97.9. The van der Waals surface area contributed by atoms with E-state index in [0.29, 0.717) is 6.07 Å². The van der Waals surface area contributed by atoms with Crippen LogP contribution in [0.2, 0.25) is 0 Å². The molecule has 0 atom stereocenters. The Hall–Kier alpha value is -4.72. The topological polar surface area (TPSA) is 334 Å². The fraction of sp³-hybridized carbons (Fsp3) is 0.0909. The maximum absolute atomic E-state index is 12.1. The Morgan fingerprint density at radius 1 is 0.783 bits per heavy atom. The van der Waals surface area contributed by atoms with Crippen LogP contribution in [0.4, 0.5) is 40.1 Å². The molecule has 0 aliphatic heterocycles. The van der Waals surface area contributed by atoms with Crippen LogP contribution in [0.25, 0.3) is 10.8 Å². The third kappa shape index (κ3) is 8.30. The number of nitrogen functional groups attached to an aromatic ring is 2. The number of anilines is 2. The van der Waals surface area contributed by atoms with Crippen LogP contribution in [0.5, 0.6) is 0 Å². The molecule has 20 nitrogen and oxygen atoms in total. The van der Waals surface area contributed by atoms with Gasteiger partial charge in [-0.25, -0.2) is 9.97 Å². The normalized spacial score (nSPS) is 12.8. The van der Waals surface area contributed by atoms with Gasteiger partial charge in [0.1, 0.15) is 10.6 Å². The number of nitro groups is 1. The molecule has 0 radical (unpaired) electrons. The summed E-state index contributed by atoms with van der Waals surface area (Å²) in [5.74, 6) is -1.19. The summed E-state index contributed by atoms with van der Waals surface area (Å²) in [5.41, 5.74) is 10.2. The smallest absolute Gasteiger partial charge is 0.297 e. The van der Waals surface area contributed by atoms with Crippen molar-refractivity contribution in [3.8, 4) is 0 Å². The predicted molar refractivity (Wildman–Crippen MR) is 163 cm³/mol. The monoisotopic (exact) mass is 713 g/mol. The van der Waals surface area contributed by atoms with Crippen molar-refractivity contribution in [2.75, 3.05) is 23.0 Å². The first-order chi connectivity index (χ1) is 21.3. The molecule has 4 aromatic rings. The number of non-ortho nitro benzene ring substituents is 1. The number of rotatable bonds is 11. The molecule has 0 aliphatic carbocycles. The van der Waals surface area contributed by atoms with E-state index in [0.717, 1.165) is 36.0 Å². The highest BCUT2D eigenvalue weighted by atomic mass is 32.2. The first-order valence-electron chi connectivity index (χ1n) is 12.0. The fourth-order valence-corrected chi connectivity index (χ4v) is 6.49. The van der Waals surface area contributed by atoms with Crippen molar-refractivity contribution in [3.63, 3.8) is 0 Å². The average Bonchev–Trinajstić information content (AvgIpc) is 2.93. The maximum atomic E-state index is 12.1. The number of nitrogens with two attached hydrogens (primary N) is 2. The molecule has 3 aromatic carbocycles. The van der Waals surface area contributed by atoms with E-state index < -0.39 is 62.2 Å². The lowest BCUT2D eigenvalue weighted by atomic mass is 10.1. The fourth-order valence-electron chi connectivity index (χ4n) is 3.63. The molecule has 7 N–H and O–H groups in total. The van der Waals surface area contributed by atoms with Crippen molar-refractivity contribution >= 4 is 93.0 Å². The minimum Gasteiger partial charge on any atom is -0.382 e. The number of benzene rings is 3. The molecule has 0 fully saturated rings. The molecule has 46 heavy (non-hydrogen) atoms. The largest absolute Gasteiger partial charge is 0.382 e. The van der Waals surface area contributed by atoms with Gasteiger partial charge in [0.2, 0.25) is 0 Å². The van der Waals surface area contributed by atoms with Crippen LogP contribution in [0.1, 0.15) is 0 Å². The Labute approximate surface area is 263 Å². The van der Waals surface area contributed by atoms with Crippen molar-refractivity contribution in [2.45, 2.75) is 14.9 Å². The van der Waals surface area contributed by atoms with Crippen molar-refractivity contribution < 1.29 is 43.8 Å². The van der Waals surface area contributed by atoms with E-state index in [2.05, 4.69) is 30.4 Å². The van der Waals surface area contributed by atoms with E-state index in [1.165, 1.54) is 18.2 Å². The van der Waals surface area contributed by atoms with Gasteiger partial charge in [0.15, 0.2) is 22.5 Å². The zero-order chi connectivity index (χ0) is 34.0. The second-order valence-corrected chi connectivity index (χ2v) is 14.3. The van der Waals surface area contributed by atoms with Crippen molar-refractivity contribution in [3.05, 3.63) is 58.6 Å². The van der Waals surface area contributed by atoms with Gasteiger partial charge in [-0.15, -0.1) is 20.5 Å². The summed E-state index contributed by atoms with van der Waals surface area (Å²) in [6.07, 6.45) is 0. The van der Waals surface area contributed by atoms with Gasteiger partial charge in [-0.2, -0.15) is 25.3 Å². The lowest BCUT2D eigenvalue weighted by molar-refractivity contribution is -0.385. The molecule has 1 aromatic heterocycles. The number of fused-ring (bicyclic) bond motifs is 1. The van der Waals surface area contributed by atoms with E-state index in [1.807, 2.05) is 0 Å². The number of aromatic nitrogens is 2. The number of nitro benzene ring substituents is 1. The summed E-state index contributed by atoms with van der Waals surface area (Å²) in [4.78, 5) is 16.5. The molecule has 1 heterocycles. The minimum atomic E-state index is -5.02. The number of hydrogen-bond acceptors (Lipinski definition) is 17. The van der Waals surface area contributed by atoms with Gasteiger partial charge in [0, 0.05) is 28.7 Å². The molecule has 24 heteroatoms. The quantitative estimate of drug-likeness (QED) is 0.0366. The summed E-state index contributed by atoms with van der Waals surface area (Å²) >= 11 is 0.842. The molecule has 4 rings (SSSR count). The summed E-state index contributed by atoms with van der Waals surface area (Å²) in [6, 6.07) is 8.58. The third-order valence-electron chi connectivity index (χ3n) is 5.67. The van der Waals surface area contributed by atoms with E-state index in [1.54, 1.807) is 0 Å². The third-order valence-corrected chi connectivity index (χ3v) is 9.21. The van der Waals surface area contributed by atoms with Crippen LogP contribution < -0.4 is 11.5 Å². The van der Waals surface area contributed by atoms with Gasteiger partial charge >= 0.3 is 0 Å². The van der Waals surface area contributed by atoms with Crippen molar-refractivity contribution in [1.29, 1.82) is 0 Å². The Kier molecular flexibility index (Phi) is 9.62. The van der Waals surface area contributed by atoms with E-state index in [-0.39, 0.29) is 50.4 Å². The van der Waals surface area contributed by atoms with Crippen LogP contribution in [0.3, 0.4) is 0 Å². The summed E-state index contributed by atoms with van der Waals surface area (Å²) in [6.45, 7) is 0. The minimum absolute atomic E-state index is 0.0132. The molecule has 0 aliphatic rings. The van der Waals surface area contributed by atoms with Gasteiger partial charge < -0.3 is 11.5 Å². The SMILES string of the molecule is Nc1nc(SCCS(=O)(=O)O)nc(N)c1N=Nc1cccc2c(N=Nc3ccc([N+](=O)[O-])cc3S(=O)(=O)O)cc(S(=O)(=O)O)cc12. The van der Waals surface area contributed by atoms with Gasteiger partial charge in [-0.05, 0) is 24.3 Å². The molecule has 0 saturated heterocycles. The number of azo groups is 2. The lowest BCUT2D eigenvalue weighted by Gasteiger charge is -2.08. The van der Waals surface area contributed by atoms with Crippen LogP contribution >= 0.6 is 11.8 Å². The standard InChI is InChI=1S/C22H19N9O11S4/c23-20-19(21(24)26-22(25-20)43-6-7-44(34,35)36)30-27-15-3-1-2-13-14(15)9-12(45(37,38)39)10-17(13)29-28-16-5-4-11(31(32)33)8-18(16)46(40,41)42/h1-5,8-10H,6-7H2,(H,34,35,36)(H,37,38,39)(H,40,41,42)(H4,23,24,25,26). The second kappa shape index (κ2) is 12.9. The molecule has 0 saturated carbocycles. The van der Waals surface area contributed by atoms with Crippen molar-refractivity contribution in [1.82, 2.24) is 9.97 Å². The highest BCUT2D eigenvalue weighted by Crippen LogP contribution is 2.39. The molecular formula is C22H19N9O11S4. The predicted octanol–water partition coefficient (Wildman–Crippen LogP) is 4.01. The average molecular weight is 714 g/mol. The van der Waals surface area contributed by atoms with Crippen LogP contribution in [0, 0.1) is 10.1 Å². The van der Waals surface area contributed by atoms with Crippen LogP contribution in [-0.2, 0) is 30.4 Å². The molecule has 0 spiro atoms. The Morgan fingerprint density at radius 3 is 2.00 bits per heavy atom. The van der Waals surface area contributed by atoms with Crippen LogP contribution in [-0.4, -0.2) is 65.3 Å². The van der Waals surface area contributed by atoms with E-state index in [9.17, 15) is 44.5 Å². The molecule has 0 bridgehead atoms. The Morgan fingerprint density at radius 2 is 1.41 bits per heavy atom. The first-order valence-corrected chi connectivity index (χ1v) is 17.5. The first kappa shape index (κ1) is 34.2. The summed E-state index contributed by atoms with van der Waals surface area (Å²) in [7, 11) is -14.1. The number of thioether (sulfide) groups is 1. The Balaban J connectivity index is 1.79. The number of nitrogens with zero attached hydrogens (tertiary/aromatic N) is 7. The van der Waals surface area contributed by atoms with E-state index in [4.69, 9.17) is 16.0 Å². The lowest BCUT2D eigenvalue weighted by Crippen LogP contribution is -2.07. The van der Waals surface area contributed by atoms with Gasteiger partial charge in [-0.3, -0.25) is 23.8 Å². The molecule has 242 valence electrons. The summed E-state index contributed by atoms with van der Waals surface area (Å²) in [5, 5.41) is 26.9. The number of hydrogen-bond donors (Lipinski definition) is 5. The van der Waals surface area contributed by atoms with Crippen molar-refractivity contribution in [2.24, 2.45) is 20.5 Å². The maximum Gasteiger partial charge on any atom is 0.297 e. The molecule has 0 amide bonds. The van der Waals surface area contributed by atoms with E-state index >= 15 is 0 Å². The highest BCUT2D eigenvalue weighted by Gasteiger charge is 2.21. The zero-order valence-electron chi connectivity index (χ0n) is 22.6. The molecule has 0 unspecified atom stereocenters. The van der Waals surface area contributed by atoms with Gasteiger partial charge in [-0.1, -0.05) is 23.9 Å². The van der Waals surface area contributed by atoms with Gasteiger partial charge in [0.25, 0.3) is 36.0 Å². The van der Waals surface area contributed by atoms with Crippen LogP contribution in [0.15, 0.2) is 83.9 Å². The van der Waals surface area contributed by atoms with Gasteiger partial charge in [0.05, 0.1) is 26.9 Å². The zero-order valence-corrected chi connectivity index (χ0v) is 25.8. The molecular weight excluding hydrogens is 695 g/mol. The second-order valence-electron chi connectivity index (χ2n) is 8.83.